The minimum absolute atomic E-state index is 0.0101. The molecule has 15 nitrogen and oxygen atoms in total. The number of nitrogens with zero attached hydrogens (tertiary/aromatic N) is 2. The third-order valence-electron chi connectivity index (χ3n) is 10.8. The quantitative estimate of drug-likeness (QED) is 0.174. The average Bonchev–Trinajstić information content (AvgIpc) is 3.87. The molecule has 6 rings (SSSR count). The van der Waals surface area contributed by atoms with Crippen molar-refractivity contribution in [3.8, 4) is 0 Å². The molecule has 15 heteroatoms. The van der Waals surface area contributed by atoms with E-state index < -0.39 is 71.8 Å². The van der Waals surface area contributed by atoms with Crippen molar-refractivity contribution in [3.05, 3.63) is 71.9 Å². The van der Waals surface area contributed by atoms with Crippen LogP contribution in [0.15, 0.2) is 60.8 Å². The molecule has 2 aliphatic heterocycles. The summed E-state index contributed by atoms with van der Waals surface area (Å²) in [4.78, 5) is 97.1. The van der Waals surface area contributed by atoms with E-state index in [1.54, 1.807) is 22.9 Å². The summed E-state index contributed by atoms with van der Waals surface area (Å²) < 4.78 is 1.69. The third-order valence-corrected chi connectivity index (χ3v) is 10.8. The Balaban J connectivity index is 1.27. The molecule has 1 saturated carbocycles. The van der Waals surface area contributed by atoms with E-state index in [1.165, 1.54) is 11.8 Å². The highest BCUT2D eigenvalue weighted by atomic mass is 16.3. The summed E-state index contributed by atoms with van der Waals surface area (Å²) in [7, 11) is 0. The van der Waals surface area contributed by atoms with Gasteiger partial charge < -0.3 is 41.2 Å². The molecule has 0 unspecified atom stereocenters. The van der Waals surface area contributed by atoms with Gasteiger partial charge >= 0.3 is 0 Å². The van der Waals surface area contributed by atoms with Crippen LogP contribution in [-0.4, -0.2) is 105 Å². The molecular formula is C42H53N7O8. The van der Waals surface area contributed by atoms with E-state index in [9.17, 15) is 38.7 Å². The Labute approximate surface area is 331 Å². The lowest BCUT2D eigenvalue weighted by molar-refractivity contribution is -0.141. The maximum absolute atomic E-state index is 14.2. The van der Waals surface area contributed by atoms with Crippen LogP contribution >= 0.6 is 0 Å². The van der Waals surface area contributed by atoms with Gasteiger partial charge in [0.05, 0.1) is 6.10 Å². The number of hydrogen-bond acceptors (Lipinski definition) is 8. The molecular weight excluding hydrogens is 731 g/mol. The zero-order chi connectivity index (χ0) is 40.8. The summed E-state index contributed by atoms with van der Waals surface area (Å²) >= 11 is 0. The topological polar surface area (TPSA) is 208 Å². The lowest BCUT2D eigenvalue weighted by Crippen LogP contribution is -2.59. The Morgan fingerprint density at radius 2 is 1.54 bits per heavy atom. The third kappa shape index (κ3) is 10.2. The first kappa shape index (κ1) is 41.1. The fourth-order valence-corrected chi connectivity index (χ4v) is 7.68. The number of benzene rings is 2. The number of aliphatic hydroxyl groups is 1. The van der Waals surface area contributed by atoms with Crippen molar-refractivity contribution in [2.45, 2.75) is 109 Å². The van der Waals surface area contributed by atoms with Crippen molar-refractivity contribution in [1.29, 1.82) is 0 Å². The van der Waals surface area contributed by atoms with Gasteiger partial charge in [-0.15, -0.1) is 0 Å². The molecule has 6 atom stereocenters. The number of amides is 6. The molecule has 3 aliphatic rings. The van der Waals surface area contributed by atoms with Crippen LogP contribution in [0.2, 0.25) is 0 Å². The Kier molecular flexibility index (Phi) is 13.1. The smallest absolute Gasteiger partial charge is 0.245 e. The highest BCUT2D eigenvalue weighted by molar-refractivity contribution is 6.10. The first-order valence-electron chi connectivity index (χ1n) is 19.9. The normalized spacial score (nSPS) is 25.5. The predicted octanol–water partition coefficient (Wildman–Crippen LogP) is 1.35. The van der Waals surface area contributed by atoms with Crippen molar-refractivity contribution in [1.82, 2.24) is 36.1 Å². The molecule has 0 bridgehead atoms. The van der Waals surface area contributed by atoms with Gasteiger partial charge in [-0.25, -0.2) is 0 Å². The molecule has 0 radical (unpaired) electrons. The number of carbonyl (C=O) groups is 7. The molecule has 0 spiro atoms. The van der Waals surface area contributed by atoms with Gasteiger partial charge in [-0.3, -0.25) is 33.6 Å². The van der Waals surface area contributed by atoms with E-state index in [4.69, 9.17) is 0 Å². The fourth-order valence-electron chi connectivity index (χ4n) is 7.68. The van der Waals surface area contributed by atoms with Crippen LogP contribution < -0.4 is 26.6 Å². The Morgan fingerprint density at radius 1 is 0.860 bits per heavy atom. The van der Waals surface area contributed by atoms with Gasteiger partial charge in [0, 0.05) is 54.5 Å². The second-order valence-corrected chi connectivity index (χ2v) is 15.9. The number of fused-ring (bicyclic) bond motifs is 2. The van der Waals surface area contributed by atoms with E-state index in [2.05, 4.69) is 26.6 Å². The Hall–Kier alpha value is -5.57. The van der Waals surface area contributed by atoms with Crippen LogP contribution in [0.25, 0.3) is 10.9 Å². The van der Waals surface area contributed by atoms with Crippen molar-refractivity contribution in [3.63, 3.8) is 0 Å². The van der Waals surface area contributed by atoms with E-state index in [-0.39, 0.29) is 69.4 Å². The molecule has 6 amide bonds. The summed E-state index contributed by atoms with van der Waals surface area (Å²) in [6.45, 7) is 5.06. The Bertz CT molecular complexity index is 1990. The van der Waals surface area contributed by atoms with E-state index >= 15 is 0 Å². The number of Topliss-reactive ketones (excluding diaryl/α,β-unsaturated/α-hetero) is 1. The number of aromatic nitrogens is 1. The zero-order valence-corrected chi connectivity index (χ0v) is 32.7. The Morgan fingerprint density at radius 3 is 2.26 bits per heavy atom. The van der Waals surface area contributed by atoms with Gasteiger partial charge in [-0.05, 0) is 56.6 Å². The van der Waals surface area contributed by atoms with Crippen LogP contribution in [0.3, 0.4) is 0 Å². The molecule has 1 aliphatic carbocycles. The molecule has 2 saturated heterocycles. The number of rotatable bonds is 9. The van der Waals surface area contributed by atoms with Crippen molar-refractivity contribution >= 4 is 52.1 Å². The van der Waals surface area contributed by atoms with Gasteiger partial charge in [0.25, 0.3) is 0 Å². The summed E-state index contributed by atoms with van der Waals surface area (Å²) in [5.74, 6) is -3.45. The second kappa shape index (κ2) is 18.1. The SMILES string of the molecule is CC(C)C[C@@H]1NC(=O)[C@@H](Cc2ccccc2)NC(=O)[C@@H](NC(=O)Cn2cc(C(=O)C3CC3)c3ccccc32)CCCNC(=O)[C@@H]2C[C@@H](O)CN2C(=O)[C@H](C)NC1=O. The molecule has 3 fully saturated rings. The molecule has 304 valence electrons. The standard InChI is InChI=1S/C42H53N7O8/c1-24(2)18-32-39(54)44-25(3)42(57)49-21-28(50)20-35(49)41(56)43-17-9-13-31(38(53)47-33(40(55)46-32)19-26-10-5-4-6-11-26)45-36(51)23-48-22-30(37(52)27-15-16-27)29-12-7-8-14-34(29)48/h4-8,10-12,14,22,24-25,27-28,31-33,35,50H,9,13,15-21,23H2,1-3H3,(H,43,56)(H,44,54)(H,45,51)(H,46,55)(H,47,53)/t25-,28+,31-,32-,33+,35-/m0/s1. The molecule has 57 heavy (non-hydrogen) atoms. The number of aliphatic hydroxyl groups excluding tert-OH is 1. The van der Waals surface area contributed by atoms with Gasteiger partial charge in [-0.1, -0.05) is 62.4 Å². The number of hydrogen-bond donors (Lipinski definition) is 6. The van der Waals surface area contributed by atoms with Gasteiger partial charge in [-0.2, -0.15) is 0 Å². The minimum Gasteiger partial charge on any atom is -0.391 e. The van der Waals surface area contributed by atoms with Crippen LogP contribution in [0, 0.1) is 11.8 Å². The maximum Gasteiger partial charge on any atom is 0.245 e. The maximum atomic E-state index is 14.2. The number of carbonyl (C=O) groups excluding carboxylic acids is 7. The number of ketones is 1. The minimum atomic E-state index is -1.16. The summed E-state index contributed by atoms with van der Waals surface area (Å²) in [5.41, 5.74) is 1.99. The van der Waals surface area contributed by atoms with Crippen LogP contribution in [-0.2, 0) is 41.7 Å². The highest BCUT2D eigenvalue weighted by Crippen LogP contribution is 2.35. The van der Waals surface area contributed by atoms with Gasteiger partial charge in [0.15, 0.2) is 5.78 Å². The zero-order valence-electron chi connectivity index (χ0n) is 32.7. The summed E-state index contributed by atoms with van der Waals surface area (Å²) in [5, 5.41) is 25.2. The monoisotopic (exact) mass is 783 g/mol. The van der Waals surface area contributed by atoms with Crippen molar-refractivity contribution in [2.24, 2.45) is 11.8 Å². The number of nitrogens with one attached hydrogen (secondary N) is 5. The lowest BCUT2D eigenvalue weighted by Gasteiger charge is -2.29. The van der Waals surface area contributed by atoms with Crippen LogP contribution in [0.4, 0.5) is 0 Å². The average molecular weight is 784 g/mol. The fraction of sp³-hybridized carbons (Fsp3) is 0.500. The molecule has 1 aromatic heterocycles. The summed E-state index contributed by atoms with van der Waals surface area (Å²) in [6, 6.07) is 11.0. The number of para-hydroxylation sites is 1. The molecule has 6 N–H and O–H groups in total. The predicted molar refractivity (Wildman–Crippen MR) is 210 cm³/mol. The van der Waals surface area contributed by atoms with Crippen molar-refractivity contribution in [2.75, 3.05) is 13.1 Å². The van der Waals surface area contributed by atoms with Gasteiger partial charge in [0.1, 0.15) is 36.8 Å². The molecule has 3 aromatic rings. The van der Waals surface area contributed by atoms with Crippen molar-refractivity contribution < 1.29 is 38.7 Å². The van der Waals surface area contributed by atoms with E-state index in [0.29, 0.717) is 11.1 Å². The van der Waals surface area contributed by atoms with E-state index in [0.717, 1.165) is 23.8 Å². The van der Waals surface area contributed by atoms with Crippen LogP contribution in [0.1, 0.15) is 75.2 Å². The highest BCUT2D eigenvalue weighted by Gasteiger charge is 2.41. The first-order valence-corrected chi connectivity index (χ1v) is 19.9. The van der Waals surface area contributed by atoms with E-state index in [1.807, 2.05) is 56.3 Å². The molecule has 3 heterocycles. The largest absolute Gasteiger partial charge is 0.391 e. The lowest BCUT2D eigenvalue weighted by atomic mass is 10.00. The summed E-state index contributed by atoms with van der Waals surface area (Å²) in [6.07, 6.45) is 3.02. The van der Waals surface area contributed by atoms with Crippen LogP contribution in [0.5, 0.6) is 0 Å². The second-order valence-electron chi connectivity index (χ2n) is 15.9. The van der Waals surface area contributed by atoms with Gasteiger partial charge in [0.2, 0.25) is 35.4 Å². The molecule has 2 aromatic carbocycles. The first-order chi connectivity index (χ1) is 27.3.